The number of alkyl halides is 3. The van der Waals surface area contributed by atoms with Crippen LogP contribution in [-0.2, 0) is 4.79 Å². The molecule has 4 heterocycles. The molecule has 2 aromatic rings. The molecular formula is C26H24F3N3O2. The summed E-state index contributed by atoms with van der Waals surface area (Å²) in [7, 11) is 0. The summed E-state index contributed by atoms with van der Waals surface area (Å²) in [5.74, 6) is 5.17. The summed E-state index contributed by atoms with van der Waals surface area (Å²) in [4.78, 5) is 24.0. The number of halogens is 3. The molecule has 34 heavy (non-hydrogen) atoms. The number of rotatable bonds is 1. The van der Waals surface area contributed by atoms with E-state index in [2.05, 4.69) is 21.8 Å². The maximum atomic E-state index is 13.8. The molecule has 5 nitrogen and oxygen atoms in total. The second-order valence-electron chi connectivity index (χ2n) is 10.0. The topological polar surface area (TPSA) is 55.3 Å². The zero-order chi connectivity index (χ0) is 23.5. The van der Waals surface area contributed by atoms with Crippen LogP contribution in [0.1, 0.15) is 61.3 Å². The minimum absolute atomic E-state index is 0.00662. The zero-order valence-electron chi connectivity index (χ0n) is 18.5. The number of hydrogen-bond acceptors (Lipinski definition) is 4. The Hall–Kier alpha value is -3.08. The molecule has 1 saturated heterocycles. The fraction of sp³-hybridized carbons (Fsp3) is 0.500. The lowest BCUT2D eigenvalue weighted by atomic mass is 9.70. The average molecular weight is 467 g/mol. The molecule has 3 fully saturated rings. The van der Waals surface area contributed by atoms with E-state index >= 15 is 0 Å². The fourth-order valence-electron chi connectivity index (χ4n) is 6.51. The first-order chi connectivity index (χ1) is 16.3. The second-order valence-corrected chi connectivity index (χ2v) is 10.0. The van der Waals surface area contributed by atoms with Crippen LogP contribution in [0.15, 0.2) is 36.9 Å². The highest BCUT2D eigenvalue weighted by atomic mass is 19.4. The second kappa shape index (κ2) is 7.72. The lowest BCUT2D eigenvalue weighted by molar-refractivity contribution is -0.198. The van der Waals surface area contributed by atoms with Crippen molar-refractivity contribution >= 4 is 5.91 Å². The quantitative estimate of drug-likeness (QED) is 0.572. The molecule has 0 N–H and O–H groups in total. The molecule has 8 heteroatoms. The standard InChI is InChI=1S/C26H24F3N3O2/c27-26(28,29)21-4-8-25(7-3-17(21)12-25)24(33)32-15-19-11-22(32)20-14-31-13-18(23(20)34-19)2-1-16-5-9-30-10-6-16/h5-6,9-10,13-14,17,19,21-22H,3-4,7-8,11-12,15H2/t17?,19-,21?,22-,25?/m0/s1. The van der Waals surface area contributed by atoms with E-state index in [9.17, 15) is 18.0 Å². The Bertz CT molecular complexity index is 1190. The van der Waals surface area contributed by atoms with E-state index in [-0.39, 0.29) is 24.5 Å². The molecule has 176 valence electrons. The number of amides is 1. The lowest BCUT2D eigenvalue weighted by Gasteiger charge is -2.40. The number of carbonyl (C=O) groups is 1. The van der Waals surface area contributed by atoms with E-state index in [1.165, 1.54) is 0 Å². The summed E-state index contributed by atoms with van der Waals surface area (Å²) < 4.78 is 46.6. The van der Waals surface area contributed by atoms with Gasteiger partial charge >= 0.3 is 6.18 Å². The monoisotopic (exact) mass is 467 g/mol. The largest absolute Gasteiger partial charge is 0.487 e. The summed E-state index contributed by atoms with van der Waals surface area (Å²) in [5, 5.41) is 0. The van der Waals surface area contributed by atoms with E-state index in [4.69, 9.17) is 4.74 Å². The van der Waals surface area contributed by atoms with Gasteiger partial charge in [0.15, 0.2) is 0 Å². The molecule has 2 aliphatic carbocycles. The predicted molar refractivity (Wildman–Crippen MR) is 116 cm³/mol. The fourth-order valence-corrected chi connectivity index (χ4v) is 6.51. The highest BCUT2D eigenvalue weighted by Crippen LogP contribution is 2.59. The van der Waals surface area contributed by atoms with Crippen molar-refractivity contribution in [2.75, 3.05) is 6.54 Å². The van der Waals surface area contributed by atoms with E-state index in [1.54, 1.807) is 24.8 Å². The van der Waals surface area contributed by atoms with Gasteiger partial charge in [-0.3, -0.25) is 14.8 Å². The number of carbonyl (C=O) groups excluding carboxylic acids is 1. The Kier molecular flexibility index (Phi) is 4.87. The normalized spacial score (nSPS) is 31.3. The van der Waals surface area contributed by atoms with Crippen molar-refractivity contribution in [1.82, 2.24) is 14.9 Å². The van der Waals surface area contributed by atoms with Crippen molar-refractivity contribution in [2.45, 2.75) is 56.8 Å². The molecule has 4 bridgehead atoms. The highest BCUT2D eigenvalue weighted by Gasteiger charge is 2.59. The van der Waals surface area contributed by atoms with Crippen molar-refractivity contribution in [1.29, 1.82) is 0 Å². The van der Waals surface area contributed by atoms with Gasteiger partial charge in [-0.25, -0.2) is 0 Å². The Morgan fingerprint density at radius 3 is 2.71 bits per heavy atom. The Morgan fingerprint density at radius 2 is 1.91 bits per heavy atom. The van der Waals surface area contributed by atoms with Crippen molar-refractivity contribution in [3.8, 4) is 17.6 Å². The molecule has 3 unspecified atom stereocenters. The maximum absolute atomic E-state index is 13.8. The van der Waals surface area contributed by atoms with Crippen LogP contribution >= 0.6 is 0 Å². The molecule has 0 radical (unpaired) electrons. The van der Waals surface area contributed by atoms with E-state index in [0.717, 1.165) is 11.1 Å². The number of nitrogens with zero attached hydrogens (tertiary/aromatic N) is 3. The Labute approximate surface area is 195 Å². The molecule has 0 aromatic carbocycles. The third-order valence-corrected chi connectivity index (χ3v) is 8.14. The summed E-state index contributed by atoms with van der Waals surface area (Å²) in [6.07, 6.45) is 4.82. The Morgan fingerprint density at radius 1 is 1.12 bits per heavy atom. The van der Waals surface area contributed by atoms with Crippen LogP contribution in [0.3, 0.4) is 0 Å². The number of likely N-dealkylation sites (tertiary alicyclic amines) is 1. The van der Waals surface area contributed by atoms with Crippen molar-refractivity contribution in [3.63, 3.8) is 0 Å². The molecule has 2 saturated carbocycles. The van der Waals surface area contributed by atoms with E-state index in [1.807, 2.05) is 17.0 Å². The van der Waals surface area contributed by atoms with Gasteiger partial charge in [0.2, 0.25) is 5.91 Å². The van der Waals surface area contributed by atoms with Crippen LogP contribution < -0.4 is 4.74 Å². The molecular weight excluding hydrogens is 443 g/mol. The van der Waals surface area contributed by atoms with Gasteiger partial charge in [-0.15, -0.1) is 0 Å². The molecule has 1 amide bonds. The SMILES string of the molecule is O=C(N1C[C@@H]2C[C@H]1c1cncc(C#Cc3ccncc3)c1O2)C12CCC(C1)C(C(F)(F)F)CC2. The average Bonchev–Trinajstić information content (AvgIpc) is 3.35. The van der Waals surface area contributed by atoms with Crippen molar-refractivity contribution in [3.05, 3.63) is 53.6 Å². The van der Waals surface area contributed by atoms with Gasteiger partial charge in [0.05, 0.1) is 24.1 Å². The first-order valence-corrected chi connectivity index (χ1v) is 11.8. The summed E-state index contributed by atoms with van der Waals surface area (Å²) >= 11 is 0. The van der Waals surface area contributed by atoms with E-state index < -0.39 is 23.4 Å². The van der Waals surface area contributed by atoms with Gasteiger partial charge < -0.3 is 9.64 Å². The van der Waals surface area contributed by atoms with Crippen LogP contribution in [0.2, 0.25) is 0 Å². The third kappa shape index (κ3) is 3.44. The summed E-state index contributed by atoms with van der Waals surface area (Å²) in [5.41, 5.74) is 1.66. The molecule has 0 spiro atoms. The molecule has 4 aliphatic rings. The first kappa shape index (κ1) is 21.5. The highest BCUT2D eigenvalue weighted by molar-refractivity contribution is 5.84. The predicted octanol–water partition coefficient (Wildman–Crippen LogP) is 4.67. The first-order valence-electron chi connectivity index (χ1n) is 11.8. The van der Waals surface area contributed by atoms with Crippen LogP contribution in [0.4, 0.5) is 13.2 Å². The molecule has 2 aliphatic heterocycles. The smallest absolute Gasteiger partial charge is 0.392 e. The van der Waals surface area contributed by atoms with Crippen LogP contribution in [0, 0.1) is 29.1 Å². The minimum Gasteiger partial charge on any atom is -0.487 e. The van der Waals surface area contributed by atoms with Crippen molar-refractivity contribution < 1.29 is 22.7 Å². The van der Waals surface area contributed by atoms with Crippen LogP contribution in [0.25, 0.3) is 0 Å². The minimum atomic E-state index is -4.18. The van der Waals surface area contributed by atoms with Gasteiger partial charge in [0.25, 0.3) is 0 Å². The number of hydrogen-bond donors (Lipinski definition) is 0. The van der Waals surface area contributed by atoms with Crippen LogP contribution in [-0.4, -0.2) is 39.6 Å². The number of aromatic nitrogens is 2. The van der Waals surface area contributed by atoms with Crippen molar-refractivity contribution in [2.24, 2.45) is 17.3 Å². The van der Waals surface area contributed by atoms with Crippen LogP contribution in [0.5, 0.6) is 5.75 Å². The number of ether oxygens (including phenoxy) is 1. The zero-order valence-corrected chi connectivity index (χ0v) is 18.5. The van der Waals surface area contributed by atoms with Gasteiger partial charge in [-0.2, -0.15) is 13.2 Å². The third-order valence-electron chi connectivity index (χ3n) is 8.14. The van der Waals surface area contributed by atoms with Gasteiger partial charge in [0, 0.05) is 47.8 Å². The molecule has 5 atom stereocenters. The number of fused-ring (bicyclic) bond motifs is 6. The summed E-state index contributed by atoms with van der Waals surface area (Å²) in [6, 6.07) is 3.47. The van der Waals surface area contributed by atoms with Gasteiger partial charge in [0.1, 0.15) is 11.9 Å². The number of pyridine rings is 2. The summed E-state index contributed by atoms with van der Waals surface area (Å²) in [6.45, 7) is 0.449. The Balaban J connectivity index is 1.27. The lowest BCUT2D eigenvalue weighted by Crippen LogP contribution is -2.46. The van der Waals surface area contributed by atoms with Gasteiger partial charge in [-0.05, 0) is 50.2 Å². The van der Waals surface area contributed by atoms with E-state index in [0.29, 0.717) is 50.0 Å². The molecule has 2 aromatic heterocycles. The molecule has 6 rings (SSSR count). The maximum Gasteiger partial charge on any atom is 0.392 e. The van der Waals surface area contributed by atoms with Gasteiger partial charge in [-0.1, -0.05) is 11.8 Å².